The predicted octanol–water partition coefficient (Wildman–Crippen LogP) is 0.439. The minimum Gasteiger partial charge on any atom is -0.488 e. The SMILES string of the molecule is Cc1c(COc2cc(OCc3cncc(S(C)(=O)=O)c3)c(CN[C@@H](CS(=O)(=O)O)C(=O)NCCS(=O)(=O)O)cc2Br)cccc1-c1cccc(OCc2cn(CCCN3CCN(C(=O)[C@H](CS(=O)(=O)O)NC(=O)CC[C@H](C(=O)O)N4CCN(CC(=O)O)CCN(CC(=O)O)CC4)CC3)nn2)c1C. The second kappa shape index (κ2) is 37.0. The number of hydrogen-bond donors (Lipinski definition) is 9. The monoisotopic (exact) mass is 1570 g/mol. The lowest BCUT2D eigenvalue weighted by Crippen LogP contribution is -2.56. The number of carbonyl (C=O) groups excluding carboxylic acids is 3. The van der Waals surface area contributed by atoms with Gasteiger partial charge >= 0.3 is 17.9 Å². The van der Waals surface area contributed by atoms with Crippen LogP contribution in [0.5, 0.6) is 17.2 Å². The number of carboxylic acid groups (broad SMARTS) is 3. The molecule has 40 heteroatoms. The van der Waals surface area contributed by atoms with Gasteiger partial charge in [-0.05, 0) is 88.6 Å². The number of hydrogen-bond acceptors (Lipinski definition) is 25. The van der Waals surface area contributed by atoms with E-state index in [9.17, 15) is 86.9 Å². The molecule has 0 aliphatic carbocycles. The van der Waals surface area contributed by atoms with Crippen molar-refractivity contribution >= 4 is 91.8 Å². The van der Waals surface area contributed by atoms with Crippen molar-refractivity contribution in [2.75, 3.05) is 115 Å². The van der Waals surface area contributed by atoms with Gasteiger partial charge in [0.1, 0.15) is 66.6 Å². The summed E-state index contributed by atoms with van der Waals surface area (Å²) in [6.07, 6.45) is 5.23. The number of amides is 3. The number of aromatic nitrogens is 4. The molecule has 2 saturated heterocycles. The Kier molecular flexibility index (Phi) is 29.6. The summed E-state index contributed by atoms with van der Waals surface area (Å²) in [5.41, 5.74) is 5.49. The molecule has 3 atom stereocenters. The molecule has 560 valence electrons. The molecule has 2 fully saturated rings. The summed E-state index contributed by atoms with van der Waals surface area (Å²) >= 11 is 3.54. The number of nitrogens with zero attached hydrogens (tertiary/aromatic N) is 9. The van der Waals surface area contributed by atoms with Gasteiger partial charge in [-0.2, -0.15) is 25.3 Å². The van der Waals surface area contributed by atoms with Gasteiger partial charge in [0.05, 0.1) is 40.2 Å². The molecule has 2 aliphatic rings. The van der Waals surface area contributed by atoms with Gasteiger partial charge in [-0.3, -0.25) is 71.7 Å². The van der Waals surface area contributed by atoms with Gasteiger partial charge in [0, 0.05) is 134 Å². The molecule has 2 aromatic heterocycles. The molecule has 0 radical (unpaired) electrons. The Hall–Kier alpha value is -7.87. The summed E-state index contributed by atoms with van der Waals surface area (Å²) < 4.78 is 145. The number of piperazine rings is 1. The zero-order valence-electron chi connectivity index (χ0n) is 56.0. The van der Waals surface area contributed by atoms with Crippen LogP contribution in [0.4, 0.5) is 0 Å². The van der Waals surface area contributed by atoms with Crippen LogP contribution < -0.4 is 30.2 Å². The first kappa shape index (κ1) is 81.4. The lowest BCUT2D eigenvalue weighted by atomic mass is 9.93. The molecular weight excluding hydrogens is 1490 g/mol. The predicted molar refractivity (Wildman–Crippen MR) is 369 cm³/mol. The fraction of sp³-hybridized carbons (Fsp3) is 0.500. The second-order valence-corrected chi connectivity index (χ2v) is 31.9. The number of rotatable bonds is 37. The molecule has 2 aliphatic heterocycles. The molecule has 9 N–H and O–H groups in total. The fourth-order valence-electron chi connectivity index (χ4n) is 11.4. The van der Waals surface area contributed by atoms with Crippen LogP contribution in [0.1, 0.15) is 52.8 Å². The Morgan fingerprint density at radius 1 is 0.647 bits per heavy atom. The normalized spacial score (nSPS) is 15.8. The first-order valence-corrected chi connectivity index (χ1v) is 39.4. The number of pyridine rings is 1. The number of carbonyl (C=O) groups is 6. The molecule has 0 saturated carbocycles. The Labute approximate surface area is 598 Å². The van der Waals surface area contributed by atoms with Crippen LogP contribution in [-0.4, -0.2) is 276 Å². The zero-order valence-corrected chi connectivity index (χ0v) is 60.8. The molecule has 35 nitrogen and oxygen atoms in total. The van der Waals surface area contributed by atoms with Gasteiger partial charge in [0.2, 0.25) is 17.7 Å². The van der Waals surface area contributed by atoms with E-state index in [4.69, 9.17) is 18.8 Å². The van der Waals surface area contributed by atoms with Gasteiger partial charge in [0.25, 0.3) is 30.4 Å². The van der Waals surface area contributed by atoms with E-state index in [0.717, 1.165) is 34.1 Å². The van der Waals surface area contributed by atoms with Gasteiger partial charge in [-0.25, -0.2) is 8.42 Å². The van der Waals surface area contributed by atoms with Crippen LogP contribution in [0, 0.1) is 13.8 Å². The largest absolute Gasteiger partial charge is 0.488 e. The van der Waals surface area contributed by atoms with Crippen LogP contribution in [0.3, 0.4) is 0 Å². The molecule has 5 aromatic rings. The van der Waals surface area contributed by atoms with Crippen LogP contribution in [0.2, 0.25) is 0 Å². The molecular formula is C62H83BrN12O23S4. The van der Waals surface area contributed by atoms with E-state index in [-0.39, 0.29) is 115 Å². The van der Waals surface area contributed by atoms with Crippen LogP contribution in [0.15, 0.2) is 82.6 Å². The molecule has 7 rings (SSSR count). The first-order chi connectivity index (χ1) is 48.0. The van der Waals surface area contributed by atoms with Gasteiger partial charge < -0.3 is 50.4 Å². The second-order valence-electron chi connectivity index (χ2n) is 24.5. The topological polar surface area (TPSA) is 484 Å². The maximum atomic E-state index is 13.8. The number of halogens is 1. The standard InChI is InChI=1S/C62H83BrN12O23S4/c1-41-44(37-97-56-29-55(96-36-43-27-47(32-64-30-43)99(3,85)86)45(28-50(56)63)31-66-51(39-101(90,91)92)60(81)65-13-26-100(87,88)89)7-4-8-48(41)49-9-5-10-54(42(49)2)98-38-46-33-75(69-68-46)15-6-14-70-18-24-74(25-19-70)61(82)52(40-102(93,94)95)67-57(76)12-11-53(62(83)84)73-22-20-71(34-58(77)78)16-17-72(21-23-73)35-59(79)80/h4-5,7-10,27-30,32-33,51-53,66H,6,11-26,31,34-40H2,1-3H3,(H,65,81)(H,67,76)(H,77,78)(H,79,80)(H,83,84)(H,87,88,89)(H,90,91,92)(H,93,94,95)/t51-,52-,53+/m0/s1. The third-order valence-corrected chi connectivity index (χ3v) is 20.7. The third kappa shape index (κ3) is 26.4. The number of aryl methyl sites for hydroxylation is 1. The highest BCUT2D eigenvalue weighted by Gasteiger charge is 2.34. The minimum absolute atomic E-state index is 0.0389. The van der Waals surface area contributed by atoms with E-state index in [2.05, 4.69) is 52.1 Å². The van der Waals surface area contributed by atoms with E-state index >= 15 is 0 Å². The number of carboxylic acids is 3. The van der Waals surface area contributed by atoms with E-state index in [1.165, 1.54) is 34.3 Å². The highest BCUT2D eigenvalue weighted by molar-refractivity contribution is 9.10. The average Bonchev–Trinajstić information content (AvgIpc) is 0.882. The fourth-order valence-corrected chi connectivity index (χ4v) is 14.2. The van der Waals surface area contributed by atoms with Crippen molar-refractivity contribution in [1.82, 2.24) is 60.4 Å². The summed E-state index contributed by atoms with van der Waals surface area (Å²) in [6, 6.07) is 11.3. The van der Waals surface area contributed by atoms with Crippen LogP contribution in [0.25, 0.3) is 11.1 Å². The van der Waals surface area contributed by atoms with Gasteiger partial charge in [-0.15, -0.1) is 5.10 Å². The van der Waals surface area contributed by atoms with Gasteiger partial charge in [0.15, 0.2) is 9.84 Å². The maximum Gasteiger partial charge on any atom is 0.320 e. The third-order valence-electron chi connectivity index (χ3n) is 16.7. The zero-order chi connectivity index (χ0) is 74.7. The van der Waals surface area contributed by atoms with Crippen molar-refractivity contribution in [3.8, 4) is 28.4 Å². The highest BCUT2D eigenvalue weighted by atomic mass is 79.9. The molecule has 0 bridgehead atoms. The average molecular weight is 1570 g/mol. The van der Waals surface area contributed by atoms with Crippen molar-refractivity contribution < 1.29 is 106 Å². The smallest absolute Gasteiger partial charge is 0.320 e. The Morgan fingerprint density at radius 3 is 1.86 bits per heavy atom. The van der Waals surface area contributed by atoms with Crippen molar-refractivity contribution in [2.45, 2.75) is 89.0 Å². The van der Waals surface area contributed by atoms with Crippen LogP contribution >= 0.6 is 15.9 Å². The Morgan fingerprint density at radius 2 is 1.25 bits per heavy atom. The summed E-state index contributed by atoms with van der Waals surface area (Å²) in [5.74, 6) is -8.26. The summed E-state index contributed by atoms with van der Waals surface area (Å²) in [4.78, 5) is 87.9. The quantitative estimate of drug-likeness (QED) is 0.0244. The van der Waals surface area contributed by atoms with E-state index < -0.39 is 124 Å². The van der Waals surface area contributed by atoms with Gasteiger partial charge in [-0.1, -0.05) is 35.5 Å². The molecule has 102 heavy (non-hydrogen) atoms. The molecule has 4 heterocycles. The molecule has 0 unspecified atom stereocenters. The number of aliphatic carboxylic acids is 3. The highest BCUT2D eigenvalue weighted by Crippen LogP contribution is 2.37. The Balaban J connectivity index is 0.919. The van der Waals surface area contributed by atoms with Crippen LogP contribution in [-0.2, 0) is 102 Å². The lowest BCUT2D eigenvalue weighted by Gasteiger charge is -2.36. The molecule has 3 amide bonds. The molecule has 0 spiro atoms. The first-order valence-electron chi connectivity index (χ1n) is 31.9. The lowest BCUT2D eigenvalue weighted by molar-refractivity contribution is -0.145. The minimum atomic E-state index is -4.80. The number of nitrogens with one attached hydrogen (secondary N) is 3. The summed E-state index contributed by atoms with van der Waals surface area (Å²) in [7, 11) is -17.7. The number of benzene rings is 3. The van der Waals surface area contributed by atoms with Crippen molar-refractivity contribution in [1.29, 1.82) is 0 Å². The van der Waals surface area contributed by atoms with Crippen molar-refractivity contribution in [2.24, 2.45) is 0 Å². The number of sulfone groups is 1. The summed E-state index contributed by atoms with van der Waals surface area (Å²) in [5, 5.41) is 45.0. The summed E-state index contributed by atoms with van der Waals surface area (Å²) in [6.45, 7) is 5.22. The van der Waals surface area contributed by atoms with E-state index in [1.807, 2.05) is 50.2 Å². The van der Waals surface area contributed by atoms with Crippen molar-refractivity contribution in [3.05, 3.63) is 111 Å². The number of ether oxygens (including phenoxy) is 3. The molecule has 3 aromatic carbocycles. The van der Waals surface area contributed by atoms with Crippen molar-refractivity contribution in [3.63, 3.8) is 0 Å². The van der Waals surface area contributed by atoms with E-state index in [0.29, 0.717) is 59.6 Å². The maximum absolute atomic E-state index is 13.8. The Bertz CT molecular complexity index is 4250. The van der Waals surface area contributed by atoms with E-state index in [1.54, 1.807) is 26.7 Å².